The van der Waals surface area contributed by atoms with E-state index < -0.39 is 0 Å². The van der Waals surface area contributed by atoms with Crippen LogP contribution in [0.2, 0.25) is 0 Å². The molecular weight excluding hydrogens is 126 g/mol. The summed E-state index contributed by atoms with van der Waals surface area (Å²) in [5, 5.41) is 14.9. The van der Waals surface area contributed by atoms with E-state index in [9.17, 15) is 0 Å². The van der Waals surface area contributed by atoms with E-state index >= 15 is 0 Å². The lowest BCUT2D eigenvalue weighted by atomic mass is 10.1. The second-order valence-corrected chi connectivity index (χ2v) is 2.79. The summed E-state index contributed by atoms with van der Waals surface area (Å²) in [6, 6.07) is 2.79. The molecule has 1 aliphatic heterocycles. The number of nitrogens with zero attached hydrogens (tertiary/aromatic N) is 1. The summed E-state index contributed by atoms with van der Waals surface area (Å²) in [6.45, 7) is 4.86. The van der Waals surface area contributed by atoms with Crippen molar-refractivity contribution in [3.63, 3.8) is 0 Å². The van der Waals surface area contributed by atoms with Crippen molar-refractivity contribution in [3.8, 4) is 6.07 Å². The summed E-state index contributed by atoms with van der Waals surface area (Å²) >= 11 is 0. The maximum atomic E-state index is 8.43. The van der Waals surface area contributed by atoms with E-state index in [1.807, 2.05) is 6.92 Å². The molecule has 0 bridgehead atoms. The van der Waals surface area contributed by atoms with Crippen LogP contribution < -0.4 is 10.6 Å². The third-order valence-corrected chi connectivity index (χ3v) is 1.71. The molecule has 0 aromatic heterocycles. The summed E-state index contributed by atoms with van der Waals surface area (Å²) in [5.41, 5.74) is 0. The van der Waals surface area contributed by atoms with Gasteiger partial charge < -0.3 is 10.6 Å². The number of rotatable bonds is 3. The Labute approximate surface area is 61.4 Å². The molecule has 3 nitrogen and oxygen atoms in total. The highest BCUT2D eigenvalue weighted by Gasteiger charge is 2.15. The van der Waals surface area contributed by atoms with Gasteiger partial charge in [0.05, 0.1) is 12.0 Å². The highest BCUT2D eigenvalue weighted by Crippen LogP contribution is 1.93. The fraction of sp³-hybridized carbons (Fsp3) is 0.857. The zero-order chi connectivity index (χ0) is 7.40. The molecule has 56 valence electrons. The zero-order valence-corrected chi connectivity index (χ0v) is 6.22. The standard InChI is InChI=1S/C7H13N3/c1-6(2-8)3-10-7-4-9-5-7/h6-7,9-10H,3-5H2,1H3. The molecule has 1 fully saturated rings. The minimum absolute atomic E-state index is 0.139. The van der Waals surface area contributed by atoms with Crippen LogP contribution in [0, 0.1) is 17.2 Å². The summed E-state index contributed by atoms with van der Waals surface area (Å²) in [7, 11) is 0. The largest absolute Gasteiger partial charge is 0.314 e. The number of nitriles is 1. The Balaban J connectivity index is 1.99. The summed E-state index contributed by atoms with van der Waals surface area (Å²) < 4.78 is 0. The van der Waals surface area contributed by atoms with Gasteiger partial charge >= 0.3 is 0 Å². The molecule has 0 radical (unpaired) electrons. The number of hydrogen-bond donors (Lipinski definition) is 2. The Morgan fingerprint density at radius 1 is 1.80 bits per heavy atom. The molecule has 3 heteroatoms. The third-order valence-electron chi connectivity index (χ3n) is 1.71. The quantitative estimate of drug-likeness (QED) is 0.564. The molecule has 1 atom stereocenters. The van der Waals surface area contributed by atoms with Gasteiger partial charge in [-0.3, -0.25) is 0 Å². The van der Waals surface area contributed by atoms with Crippen LogP contribution in [0.4, 0.5) is 0 Å². The number of hydrogen-bond acceptors (Lipinski definition) is 3. The predicted octanol–water partition coefficient (Wildman–Crippen LogP) is -0.293. The Morgan fingerprint density at radius 2 is 2.50 bits per heavy atom. The Hall–Kier alpha value is -0.590. The second-order valence-electron chi connectivity index (χ2n) is 2.79. The van der Waals surface area contributed by atoms with Crippen LogP contribution in [0.15, 0.2) is 0 Å². The predicted molar refractivity (Wildman–Crippen MR) is 39.4 cm³/mol. The van der Waals surface area contributed by atoms with Crippen LogP contribution in [0.3, 0.4) is 0 Å². The van der Waals surface area contributed by atoms with E-state index in [4.69, 9.17) is 5.26 Å². The van der Waals surface area contributed by atoms with Gasteiger partial charge in [-0.1, -0.05) is 0 Å². The first kappa shape index (κ1) is 7.52. The van der Waals surface area contributed by atoms with E-state index in [0.29, 0.717) is 6.04 Å². The van der Waals surface area contributed by atoms with Crippen LogP contribution >= 0.6 is 0 Å². The monoisotopic (exact) mass is 139 g/mol. The van der Waals surface area contributed by atoms with Crippen molar-refractivity contribution in [1.82, 2.24) is 10.6 Å². The molecule has 0 aliphatic carbocycles. The first-order valence-electron chi connectivity index (χ1n) is 3.66. The Morgan fingerprint density at radius 3 is 2.90 bits per heavy atom. The third kappa shape index (κ3) is 1.98. The average molecular weight is 139 g/mol. The van der Waals surface area contributed by atoms with E-state index in [1.54, 1.807) is 0 Å². The van der Waals surface area contributed by atoms with E-state index in [-0.39, 0.29) is 5.92 Å². The average Bonchev–Trinajstić information content (AvgIpc) is 1.84. The first-order valence-corrected chi connectivity index (χ1v) is 3.66. The van der Waals surface area contributed by atoms with Crippen molar-refractivity contribution in [1.29, 1.82) is 5.26 Å². The van der Waals surface area contributed by atoms with Gasteiger partial charge in [-0.25, -0.2) is 0 Å². The van der Waals surface area contributed by atoms with Gasteiger partial charge in [0.25, 0.3) is 0 Å². The molecular formula is C7H13N3. The normalized spacial score (nSPS) is 21.2. The molecule has 10 heavy (non-hydrogen) atoms. The lowest BCUT2D eigenvalue weighted by molar-refractivity contribution is 0.358. The lowest BCUT2D eigenvalue weighted by Gasteiger charge is -2.28. The van der Waals surface area contributed by atoms with Crippen LogP contribution in [0.5, 0.6) is 0 Å². The van der Waals surface area contributed by atoms with Crippen molar-refractivity contribution >= 4 is 0 Å². The van der Waals surface area contributed by atoms with Crippen LogP contribution in [0.1, 0.15) is 6.92 Å². The lowest BCUT2D eigenvalue weighted by Crippen LogP contribution is -2.56. The highest BCUT2D eigenvalue weighted by atomic mass is 15.1. The Bertz CT molecular complexity index is 134. The van der Waals surface area contributed by atoms with Crippen molar-refractivity contribution in [2.75, 3.05) is 19.6 Å². The van der Waals surface area contributed by atoms with Crippen molar-refractivity contribution < 1.29 is 0 Å². The molecule has 0 aromatic rings. The van der Waals surface area contributed by atoms with Crippen LogP contribution in [-0.4, -0.2) is 25.7 Å². The molecule has 0 aromatic carbocycles. The maximum absolute atomic E-state index is 8.43. The second kappa shape index (κ2) is 3.55. The minimum atomic E-state index is 0.139. The molecule has 1 aliphatic rings. The maximum Gasteiger partial charge on any atom is 0.0666 e. The van der Waals surface area contributed by atoms with Crippen molar-refractivity contribution in [3.05, 3.63) is 0 Å². The van der Waals surface area contributed by atoms with Crippen LogP contribution in [-0.2, 0) is 0 Å². The summed E-state index contributed by atoms with van der Waals surface area (Å²) in [6.07, 6.45) is 0. The molecule has 0 spiro atoms. The van der Waals surface area contributed by atoms with Gasteiger partial charge in [0, 0.05) is 25.7 Å². The first-order chi connectivity index (χ1) is 4.83. The van der Waals surface area contributed by atoms with Crippen LogP contribution in [0.25, 0.3) is 0 Å². The van der Waals surface area contributed by atoms with Crippen molar-refractivity contribution in [2.45, 2.75) is 13.0 Å². The highest BCUT2D eigenvalue weighted by molar-refractivity contribution is 4.86. The van der Waals surface area contributed by atoms with Gasteiger partial charge in [-0.15, -0.1) is 0 Å². The SMILES string of the molecule is CC(C#N)CNC1CNC1. The van der Waals surface area contributed by atoms with E-state index in [2.05, 4.69) is 16.7 Å². The molecule has 1 saturated heterocycles. The zero-order valence-electron chi connectivity index (χ0n) is 6.22. The minimum Gasteiger partial charge on any atom is -0.314 e. The molecule has 0 saturated carbocycles. The van der Waals surface area contributed by atoms with Gasteiger partial charge in [0.2, 0.25) is 0 Å². The molecule has 0 amide bonds. The topological polar surface area (TPSA) is 47.9 Å². The van der Waals surface area contributed by atoms with Gasteiger partial charge in [0.15, 0.2) is 0 Å². The summed E-state index contributed by atoms with van der Waals surface area (Å²) in [4.78, 5) is 0. The smallest absolute Gasteiger partial charge is 0.0666 e. The fourth-order valence-corrected chi connectivity index (χ4v) is 0.822. The van der Waals surface area contributed by atoms with Gasteiger partial charge in [-0.05, 0) is 6.92 Å². The molecule has 2 N–H and O–H groups in total. The van der Waals surface area contributed by atoms with Gasteiger partial charge in [0.1, 0.15) is 0 Å². The fourth-order valence-electron chi connectivity index (χ4n) is 0.822. The van der Waals surface area contributed by atoms with E-state index in [1.165, 1.54) is 0 Å². The van der Waals surface area contributed by atoms with Crippen molar-refractivity contribution in [2.24, 2.45) is 5.92 Å². The summed E-state index contributed by atoms with van der Waals surface area (Å²) in [5.74, 6) is 0.139. The molecule has 1 rings (SSSR count). The Kier molecular flexibility index (Phi) is 2.67. The molecule has 1 unspecified atom stereocenters. The van der Waals surface area contributed by atoms with Gasteiger partial charge in [-0.2, -0.15) is 5.26 Å². The number of nitrogens with one attached hydrogen (secondary N) is 2. The van der Waals surface area contributed by atoms with E-state index in [0.717, 1.165) is 19.6 Å². The molecule has 1 heterocycles.